The molecular weight excluding hydrogens is 368 g/mol. The van der Waals surface area contributed by atoms with E-state index in [0.717, 1.165) is 21.3 Å². The highest BCUT2D eigenvalue weighted by Crippen LogP contribution is 2.26. The van der Waals surface area contributed by atoms with Gasteiger partial charge in [0.2, 0.25) is 5.91 Å². The lowest BCUT2D eigenvalue weighted by Crippen LogP contribution is -2.12. The summed E-state index contributed by atoms with van der Waals surface area (Å²) in [4.78, 5) is 27.8. The molecule has 0 aliphatic carbocycles. The third-order valence-corrected chi connectivity index (χ3v) is 5.69. The lowest BCUT2D eigenvalue weighted by atomic mass is 10.1. The van der Waals surface area contributed by atoms with Crippen molar-refractivity contribution < 1.29 is 14.3 Å². The minimum Gasteiger partial charge on any atom is -0.423 e. The number of ether oxygens (including phenoxy) is 1. The molecule has 132 valence electrons. The summed E-state index contributed by atoms with van der Waals surface area (Å²) in [6, 6.07) is 13.5. The Morgan fingerprint density at radius 1 is 1.15 bits per heavy atom. The van der Waals surface area contributed by atoms with E-state index >= 15 is 0 Å². The molecule has 26 heavy (non-hydrogen) atoms. The highest BCUT2D eigenvalue weighted by atomic mass is 32.2. The van der Waals surface area contributed by atoms with Crippen LogP contribution in [0.5, 0.6) is 5.75 Å². The van der Waals surface area contributed by atoms with Gasteiger partial charge in [0.05, 0.1) is 5.56 Å². The molecule has 0 saturated heterocycles. The molecule has 0 fully saturated rings. The number of thiazole rings is 1. The van der Waals surface area contributed by atoms with Crippen LogP contribution in [-0.2, 0) is 5.75 Å². The maximum atomic E-state index is 12.2. The highest BCUT2D eigenvalue weighted by molar-refractivity contribution is 8.00. The van der Waals surface area contributed by atoms with Crippen molar-refractivity contribution in [3.8, 4) is 5.75 Å². The number of primary amides is 1. The Morgan fingerprint density at radius 2 is 1.92 bits per heavy atom. The summed E-state index contributed by atoms with van der Waals surface area (Å²) in [5, 5.41) is 2.02. The summed E-state index contributed by atoms with van der Waals surface area (Å²) >= 11 is 3.29. The van der Waals surface area contributed by atoms with Gasteiger partial charge < -0.3 is 10.5 Å². The van der Waals surface area contributed by atoms with E-state index in [0.29, 0.717) is 11.1 Å². The van der Waals surface area contributed by atoms with E-state index in [-0.39, 0.29) is 5.75 Å². The molecule has 3 rings (SSSR count). The first kappa shape index (κ1) is 18.2. The fraction of sp³-hybridized carbons (Fsp3) is 0.105. The number of hydrogen-bond acceptors (Lipinski definition) is 6. The van der Waals surface area contributed by atoms with Crippen LogP contribution in [0.15, 0.2) is 58.3 Å². The van der Waals surface area contributed by atoms with Gasteiger partial charge in [-0.1, -0.05) is 30.0 Å². The molecule has 7 heteroatoms. The second kappa shape index (κ2) is 8.16. The van der Waals surface area contributed by atoms with Crippen molar-refractivity contribution in [1.29, 1.82) is 0 Å². The normalized spacial score (nSPS) is 10.5. The molecule has 0 saturated carbocycles. The molecule has 0 aliphatic rings. The lowest BCUT2D eigenvalue weighted by molar-refractivity contribution is 0.0733. The molecule has 0 radical (unpaired) electrons. The Kier molecular flexibility index (Phi) is 5.70. The van der Waals surface area contributed by atoms with Gasteiger partial charge in [-0.2, -0.15) is 0 Å². The zero-order valence-corrected chi connectivity index (χ0v) is 15.6. The van der Waals surface area contributed by atoms with E-state index in [2.05, 4.69) is 4.98 Å². The van der Waals surface area contributed by atoms with Crippen LogP contribution in [0.1, 0.15) is 32.0 Å². The number of carbonyl (C=O) groups is 2. The summed E-state index contributed by atoms with van der Waals surface area (Å²) in [7, 11) is 0. The Labute approximate surface area is 159 Å². The van der Waals surface area contributed by atoms with Gasteiger partial charge in [-0.3, -0.25) is 4.79 Å². The standard InChI is InChI=1S/C19H16N2O3S2/c1-12-10-25-19(21-12)26-11-13-5-7-14(8-6-13)18(23)24-16-4-2-3-15(9-16)17(20)22/h2-10H,11H2,1H3,(H2,20,22). The van der Waals surface area contributed by atoms with Crippen molar-refractivity contribution in [3.05, 3.63) is 76.3 Å². The van der Waals surface area contributed by atoms with Crippen molar-refractivity contribution in [2.45, 2.75) is 17.0 Å². The number of aryl methyl sites for hydroxylation is 1. The second-order valence-corrected chi connectivity index (χ2v) is 7.60. The number of nitrogens with zero attached hydrogens (tertiary/aromatic N) is 1. The van der Waals surface area contributed by atoms with Crippen molar-refractivity contribution in [1.82, 2.24) is 4.98 Å². The van der Waals surface area contributed by atoms with E-state index in [1.807, 2.05) is 24.4 Å². The van der Waals surface area contributed by atoms with Gasteiger partial charge in [0.1, 0.15) is 10.1 Å². The van der Waals surface area contributed by atoms with Crippen LogP contribution in [0.3, 0.4) is 0 Å². The molecule has 2 aromatic carbocycles. The van der Waals surface area contributed by atoms with Crippen LogP contribution in [0.25, 0.3) is 0 Å². The average Bonchev–Trinajstić information content (AvgIpc) is 3.06. The van der Waals surface area contributed by atoms with Gasteiger partial charge in [0.15, 0.2) is 0 Å². The molecule has 0 spiro atoms. The molecule has 0 bridgehead atoms. The molecule has 3 aromatic rings. The van der Waals surface area contributed by atoms with Crippen molar-refractivity contribution in [2.24, 2.45) is 5.73 Å². The zero-order chi connectivity index (χ0) is 18.5. The molecule has 0 atom stereocenters. The average molecular weight is 384 g/mol. The van der Waals surface area contributed by atoms with Crippen molar-refractivity contribution >= 4 is 35.0 Å². The van der Waals surface area contributed by atoms with Crippen LogP contribution >= 0.6 is 23.1 Å². The number of rotatable bonds is 6. The maximum Gasteiger partial charge on any atom is 0.343 e. The van der Waals surface area contributed by atoms with Crippen LogP contribution < -0.4 is 10.5 Å². The van der Waals surface area contributed by atoms with E-state index in [1.54, 1.807) is 53.4 Å². The predicted molar refractivity (Wildman–Crippen MR) is 103 cm³/mol. The van der Waals surface area contributed by atoms with Gasteiger partial charge in [-0.25, -0.2) is 9.78 Å². The SMILES string of the molecule is Cc1csc(SCc2ccc(C(=O)Oc3cccc(C(N)=O)c3)cc2)n1. The Balaban J connectivity index is 1.61. The monoisotopic (exact) mass is 384 g/mol. The smallest absolute Gasteiger partial charge is 0.343 e. The summed E-state index contributed by atoms with van der Waals surface area (Å²) < 4.78 is 6.33. The minimum absolute atomic E-state index is 0.282. The molecule has 5 nitrogen and oxygen atoms in total. The largest absolute Gasteiger partial charge is 0.423 e. The number of aromatic nitrogens is 1. The van der Waals surface area contributed by atoms with Gasteiger partial charge >= 0.3 is 5.97 Å². The third kappa shape index (κ3) is 4.71. The minimum atomic E-state index is -0.569. The van der Waals surface area contributed by atoms with E-state index in [1.165, 1.54) is 6.07 Å². The number of carbonyl (C=O) groups excluding carboxylic acids is 2. The van der Waals surface area contributed by atoms with E-state index in [9.17, 15) is 9.59 Å². The second-order valence-electron chi connectivity index (χ2n) is 5.52. The molecule has 0 unspecified atom stereocenters. The number of benzene rings is 2. The fourth-order valence-electron chi connectivity index (χ4n) is 2.16. The van der Waals surface area contributed by atoms with Crippen molar-refractivity contribution in [2.75, 3.05) is 0 Å². The first-order valence-electron chi connectivity index (χ1n) is 7.77. The number of esters is 1. The Morgan fingerprint density at radius 3 is 2.58 bits per heavy atom. The lowest BCUT2D eigenvalue weighted by Gasteiger charge is -2.06. The summed E-state index contributed by atoms with van der Waals surface area (Å²) in [5.41, 5.74) is 8.07. The number of amides is 1. The molecule has 1 aromatic heterocycles. The van der Waals surface area contributed by atoms with Crippen LogP contribution in [-0.4, -0.2) is 16.9 Å². The number of hydrogen-bond donors (Lipinski definition) is 1. The molecule has 1 heterocycles. The number of nitrogens with two attached hydrogens (primary N) is 1. The first-order chi connectivity index (χ1) is 12.5. The maximum absolute atomic E-state index is 12.2. The third-order valence-electron chi connectivity index (χ3n) is 3.48. The first-order valence-corrected chi connectivity index (χ1v) is 9.64. The zero-order valence-electron chi connectivity index (χ0n) is 14.0. The quantitative estimate of drug-likeness (QED) is 0.394. The topological polar surface area (TPSA) is 82.3 Å². The molecular formula is C19H16N2O3S2. The Hall–Kier alpha value is -2.64. The van der Waals surface area contributed by atoms with Crippen LogP contribution in [0.4, 0.5) is 0 Å². The van der Waals surface area contributed by atoms with Crippen LogP contribution in [0, 0.1) is 6.92 Å². The van der Waals surface area contributed by atoms with Crippen molar-refractivity contribution in [3.63, 3.8) is 0 Å². The number of thioether (sulfide) groups is 1. The molecule has 0 aliphatic heterocycles. The van der Waals surface area contributed by atoms with E-state index < -0.39 is 11.9 Å². The Bertz CT molecular complexity index is 936. The van der Waals surface area contributed by atoms with Gasteiger partial charge in [-0.15, -0.1) is 11.3 Å². The van der Waals surface area contributed by atoms with Gasteiger partial charge in [0.25, 0.3) is 0 Å². The summed E-state index contributed by atoms with van der Waals surface area (Å²) in [6.07, 6.45) is 0. The van der Waals surface area contributed by atoms with Crippen LogP contribution in [0.2, 0.25) is 0 Å². The fourth-order valence-corrected chi connectivity index (χ4v) is 3.96. The predicted octanol–water partition coefficient (Wildman–Crippen LogP) is 4.06. The molecule has 1 amide bonds. The van der Waals surface area contributed by atoms with E-state index in [4.69, 9.17) is 10.5 Å². The highest BCUT2D eigenvalue weighted by Gasteiger charge is 2.10. The molecule has 2 N–H and O–H groups in total. The summed E-state index contributed by atoms with van der Waals surface area (Å²) in [6.45, 7) is 1.97. The summed E-state index contributed by atoms with van der Waals surface area (Å²) in [5.74, 6) is 0.00904. The van der Waals surface area contributed by atoms with Gasteiger partial charge in [0, 0.05) is 22.4 Å². The van der Waals surface area contributed by atoms with Gasteiger partial charge in [-0.05, 0) is 42.8 Å².